The molecule has 0 radical (unpaired) electrons. The molecule has 1 fully saturated rings. The van der Waals surface area contributed by atoms with Crippen molar-refractivity contribution < 1.29 is 4.79 Å². The summed E-state index contributed by atoms with van der Waals surface area (Å²) in [7, 11) is 3.51. The molecule has 0 spiro atoms. The third-order valence-corrected chi connectivity index (χ3v) is 8.38. The van der Waals surface area contributed by atoms with Gasteiger partial charge in [-0.2, -0.15) is 0 Å². The van der Waals surface area contributed by atoms with Gasteiger partial charge in [0.25, 0.3) is 0 Å². The smallest absolute Gasteiger partial charge is 0.226 e. The van der Waals surface area contributed by atoms with Crippen LogP contribution in [-0.2, 0) is 4.79 Å². The Bertz CT molecular complexity index is 564. The molecule has 0 N–H and O–H groups in total. The van der Waals surface area contributed by atoms with Gasteiger partial charge in [0.05, 0.1) is 0 Å². The summed E-state index contributed by atoms with van der Waals surface area (Å²) in [5.41, 5.74) is 4.11. The van der Waals surface area contributed by atoms with Crippen molar-refractivity contribution in [3.8, 4) is 0 Å². The van der Waals surface area contributed by atoms with Gasteiger partial charge >= 0.3 is 0 Å². The summed E-state index contributed by atoms with van der Waals surface area (Å²) in [5.74, 6) is 0.512. The van der Waals surface area contributed by atoms with Crippen LogP contribution in [0.4, 0.5) is 0 Å². The molecule has 106 valence electrons. The van der Waals surface area contributed by atoms with Crippen LogP contribution in [0.1, 0.15) is 20.3 Å². The van der Waals surface area contributed by atoms with Crippen molar-refractivity contribution in [3.05, 3.63) is 41.5 Å². The highest BCUT2D eigenvalue weighted by Crippen LogP contribution is 2.67. The maximum Gasteiger partial charge on any atom is 0.226 e. The highest BCUT2D eigenvalue weighted by molar-refractivity contribution is 7.68. The standard InChI is InChI=1S/C17H22NOP/c1-11-12(2)16-14(17(19)18(3)4)10-15(11)20(16)13-8-6-5-7-9-13/h5-9,14-16H,10H2,1-4H3/t14?,15-,16-,20?/m0/s1. The van der Waals surface area contributed by atoms with Gasteiger partial charge in [-0.1, -0.05) is 49.4 Å². The number of fused-ring (bicyclic) bond motifs is 2. The summed E-state index contributed by atoms with van der Waals surface area (Å²) in [6, 6.07) is 10.8. The zero-order chi connectivity index (χ0) is 14.4. The first-order valence-electron chi connectivity index (χ1n) is 7.24. The Hall–Kier alpha value is -1.14. The van der Waals surface area contributed by atoms with Crippen LogP contribution in [0.2, 0.25) is 0 Å². The van der Waals surface area contributed by atoms with Gasteiger partial charge in [-0.25, -0.2) is 0 Å². The predicted octanol–water partition coefficient (Wildman–Crippen LogP) is 2.99. The van der Waals surface area contributed by atoms with Crippen LogP contribution >= 0.6 is 7.92 Å². The summed E-state index contributed by atoms with van der Waals surface area (Å²) in [6.07, 6.45) is 1.05. The molecule has 1 saturated heterocycles. The average molecular weight is 287 g/mol. The minimum atomic E-state index is -0.248. The maximum absolute atomic E-state index is 12.5. The van der Waals surface area contributed by atoms with E-state index in [4.69, 9.17) is 0 Å². The van der Waals surface area contributed by atoms with Crippen LogP contribution in [-0.4, -0.2) is 36.2 Å². The lowest BCUT2D eigenvalue weighted by Crippen LogP contribution is -2.35. The molecular formula is C17H22NOP. The van der Waals surface area contributed by atoms with Gasteiger partial charge in [0.15, 0.2) is 0 Å². The number of carbonyl (C=O) groups excluding carboxylic acids is 1. The Morgan fingerprint density at radius 1 is 1.15 bits per heavy atom. The molecule has 2 nitrogen and oxygen atoms in total. The Labute approximate surface area is 122 Å². The van der Waals surface area contributed by atoms with Crippen molar-refractivity contribution in [3.63, 3.8) is 0 Å². The minimum absolute atomic E-state index is 0.199. The molecule has 2 bridgehead atoms. The monoisotopic (exact) mass is 287 g/mol. The van der Waals surface area contributed by atoms with E-state index < -0.39 is 0 Å². The molecule has 2 unspecified atom stereocenters. The quantitative estimate of drug-likeness (QED) is 0.605. The largest absolute Gasteiger partial charge is 0.349 e. The second kappa shape index (κ2) is 5.00. The molecule has 0 saturated carbocycles. The summed E-state index contributed by atoms with van der Waals surface area (Å²) >= 11 is 0. The number of carbonyl (C=O) groups is 1. The van der Waals surface area contributed by atoms with Crippen molar-refractivity contribution in [2.75, 3.05) is 14.1 Å². The number of amides is 1. The van der Waals surface area contributed by atoms with Crippen molar-refractivity contribution in [1.82, 2.24) is 4.90 Å². The van der Waals surface area contributed by atoms with E-state index in [0.717, 1.165) is 6.42 Å². The fourth-order valence-corrected chi connectivity index (χ4v) is 7.69. The van der Waals surface area contributed by atoms with Crippen molar-refractivity contribution in [2.45, 2.75) is 31.6 Å². The Morgan fingerprint density at radius 3 is 2.40 bits per heavy atom. The van der Waals surface area contributed by atoms with E-state index in [0.29, 0.717) is 17.2 Å². The molecule has 2 heterocycles. The third-order valence-electron chi connectivity index (χ3n) is 4.87. The lowest BCUT2D eigenvalue weighted by atomic mass is 9.84. The zero-order valence-corrected chi connectivity index (χ0v) is 13.5. The molecular weight excluding hydrogens is 265 g/mol. The van der Waals surface area contributed by atoms with Crippen molar-refractivity contribution in [1.29, 1.82) is 0 Å². The Kier molecular flexibility index (Phi) is 3.46. The molecule has 2 aliphatic rings. The number of rotatable bonds is 2. The average Bonchev–Trinajstić information content (AvgIpc) is 2.94. The number of hydrogen-bond donors (Lipinski definition) is 0. The molecule has 1 aromatic rings. The van der Waals surface area contributed by atoms with E-state index in [-0.39, 0.29) is 13.8 Å². The van der Waals surface area contributed by atoms with Gasteiger partial charge in [0, 0.05) is 31.3 Å². The molecule has 3 rings (SSSR count). The summed E-state index contributed by atoms with van der Waals surface area (Å²) in [6.45, 7) is 4.52. The lowest BCUT2D eigenvalue weighted by molar-refractivity contribution is -0.132. The van der Waals surface area contributed by atoms with E-state index in [9.17, 15) is 4.79 Å². The van der Waals surface area contributed by atoms with Crippen LogP contribution in [0.25, 0.3) is 0 Å². The second-order valence-corrected chi connectivity index (χ2v) is 8.65. The maximum atomic E-state index is 12.5. The fraction of sp³-hybridized carbons (Fsp3) is 0.471. The van der Waals surface area contributed by atoms with Gasteiger partial charge in [-0.15, -0.1) is 0 Å². The highest BCUT2D eigenvalue weighted by atomic mass is 31.1. The highest BCUT2D eigenvalue weighted by Gasteiger charge is 2.53. The summed E-state index contributed by atoms with van der Waals surface area (Å²) in [4.78, 5) is 14.2. The number of benzene rings is 1. The molecule has 1 aromatic carbocycles. The Morgan fingerprint density at radius 2 is 1.80 bits per heavy atom. The summed E-state index contributed by atoms with van der Waals surface area (Å²) in [5, 5.41) is 1.46. The van der Waals surface area contributed by atoms with Crippen molar-refractivity contribution in [2.24, 2.45) is 5.92 Å². The zero-order valence-electron chi connectivity index (χ0n) is 12.6. The van der Waals surface area contributed by atoms with E-state index in [2.05, 4.69) is 44.2 Å². The van der Waals surface area contributed by atoms with Gasteiger partial charge in [0.2, 0.25) is 5.91 Å². The molecule has 20 heavy (non-hydrogen) atoms. The fourth-order valence-electron chi connectivity index (χ4n) is 3.77. The first-order valence-corrected chi connectivity index (χ1v) is 8.72. The predicted molar refractivity (Wildman–Crippen MR) is 85.7 cm³/mol. The van der Waals surface area contributed by atoms with Gasteiger partial charge < -0.3 is 4.90 Å². The van der Waals surface area contributed by atoms with Crippen LogP contribution in [0.5, 0.6) is 0 Å². The third kappa shape index (κ3) is 1.93. The lowest BCUT2D eigenvalue weighted by Gasteiger charge is -2.26. The van der Waals surface area contributed by atoms with Crippen LogP contribution in [0.3, 0.4) is 0 Å². The van der Waals surface area contributed by atoms with E-state index in [1.54, 1.807) is 10.5 Å². The first-order chi connectivity index (χ1) is 9.52. The second-order valence-electron chi connectivity index (χ2n) is 6.14. The van der Waals surface area contributed by atoms with Crippen LogP contribution in [0.15, 0.2) is 41.5 Å². The van der Waals surface area contributed by atoms with Gasteiger partial charge in [0.1, 0.15) is 0 Å². The molecule has 0 aromatic heterocycles. The summed E-state index contributed by atoms with van der Waals surface area (Å²) < 4.78 is 0. The topological polar surface area (TPSA) is 20.3 Å². The van der Waals surface area contributed by atoms with E-state index >= 15 is 0 Å². The molecule has 0 aliphatic carbocycles. The SMILES string of the molecule is CC1=C(C)[C@H]2C(C(=O)N(C)C)C[C@@H]1P2c1ccccc1. The molecule has 4 atom stereocenters. The van der Waals surface area contributed by atoms with E-state index in [1.165, 1.54) is 10.9 Å². The van der Waals surface area contributed by atoms with Gasteiger partial charge in [-0.3, -0.25) is 4.79 Å². The number of nitrogens with zero attached hydrogens (tertiary/aromatic N) is 1. The van der Waals surface area contributed by atoms with Crippen LogP contribution < -0.4 is 5.30 Å². The Balaban J connectivity index is 1.98. The number of hydrogen-bond acceptors (Lipinski definition) is 1. The molecule has 1 amide bonds. The van der Waals surface area contributed by atoms with Gasteiger partial charge in [-0.05, 0) is 25.6 Å². The number of allylic oxidation sites excluding steroid dienone is 2. The molecule has 3 heteroatoms. The first kappa shape index (κ1) is 13.8. The molecule has 2 aliphatic heterocycles. The van der Waals surface area contributed by atoms with Crippen LogP contribution in [0, 0.1) is 5.92 Å². The van der Waals surface area contributed by atoms with E-state index in [1.807, 2.05) is 14.1 Å². The van der Waals surface area contributed by atoms with Crippen molar-refractivity contribution >= 4 is 19.1 Å². The normalized spacial score (nSPS) is 31.8. The minimum Gasteiger partial charge on any atom is -0.349 e.